The van der Waals surface area contributed by atoms with Crippen LogP contribution >= 0.6 is 0 Å². The zero-order valence-corrected chi connectivity index (χ0v) is 17.5. The van der Waals surface area contributed by atoms with Crippen molar-refractivity contribution in [1.82, 2.24) is 4.72 Å². The zero-order chi connectivity index (χ0) is 19.6. The van der Waals surface area contributed by atoms with Crippen LogP contribution in [0.5, 0.6) is 0 Å². The number of anilines is 1. The van der Waals surface area contributed by atoms with Crippen molar-refractivity contribution in [2.24, 2.45) is 5.92 Å². The van der Waals surface area contributed by atoms with E-state index in [1.165, 1.54) is 11.3 Å². The van der Waals surface area contributed by atoms with E-state index in [-0.39, 0.29) is 12.0 Å². The van der Waals surface area contributed by atoms with E-state index in [1.807, 2.05) is 32.9 Å². The lowest BCUT2D eigenvalue weighted by Crippen LogP contribution is -2.37. The monoisotopic (exact) mass is 386 g/mol. The first-order valence-electron chi connectivity index (χ1n) is 9.74. The molecule has 0 unspecified atom stereocenters. The number of hydrogen-bond acceptors (Lipinski definition) is 3. The molecule has 2 aromatic rings. The third-order valence-corrected chi connectivity index (χ3v) is 7.17. The zero-order valence-electron chi connectivity index (χ0n) is 16.6. The highest BCUT2D eigenvalue weighted by Gasteiger charge is 2.23. The van der Waals surface area contributed by atoms with Gasteiger partial charge in [-0.1, -0.05) is 44.2 Å². The number of nitrogens with zero attached hydrogens (tertiary/aromatic N) is 1. The van der Waals surface area contributed by atoms with E-state index in [4.69, 9.17) is 0 Å². The van der Waals surface area contributed by atoms with Gasteiger partial charge < -0.3 is 4.90 Å². The van der Waals surface area contributed by atoms with Crippen LogP contribution in [-0.2, 0) is 23.0 Å². The number of sulfonamides is 1. The van der Waals surface area contributed by atoms with E-state index in [0.29, 0.717) is 10.9 Å². The Balaban J connectivity index is 1.77. The van der Waals surface area contributed by atoms with Gasteiger partial charge in [-0.25, -0.2) is 13.1 Å². The largest absolute Gasteiger partial charge is 0.364 e. The van der Waals surface area contributed by atoms with Gasteiger partial charge in [0.2, 0.25) is 10.0 Å². The van der Waals surface area contributed by atoms with Crippen LogP contribution in [0, 0.1) is 5.92 Å². The van der Waals surface area contributed by atoms with Gasteiger partial charge in [0.1, 0.15) is 0 Å². The summed E-state index contributed by atoms with van der Waals surface area (Å²) in [5.41, 5.74) is 3.80. The van der Waals surface area contributed by atoms with Crippen molar-refractivity contribution in [3.8, 4) is 0 Å². The number of aryl methyl sites for hydroxylation is 1. The highest BCUT2D eigenvalue weighted by atomic mass is 32.2. The summed E-state index contributed by atoms with van der Waals surface area (Å²) in [5, 5.41) is 0. The van der Waals surface area contributed by atoms with Gasteiger partial charge >= 0.3 is 0 Å². The number of nitrogens with one attached hydrogen (secondary N) is 1. The maximum absolute atomic E-state index is 12.5. The fourth-order valence-corrected chi connectivity index (χ4v) is 4.81. The van der Waals surface area contributed by atoms with Gasteiger partial charge in [-0.05, 0) is 61.9 Å². The van der Waals surface area contributed by atoms with Crippen LogP contribution in [0.2, 0.25) is 0 Å². The first-order valence-corrected chi connectivity index (χ1v) is 11.2. The van der Waals surface area contributed by atoms with Crippen molar-refractivity contribution in [1.29, 1.82) is 0 Å². The average Bonchev–Trinajstić information content (AvgIpc) is 2.64. The highest BCUT2D eigenvalue weighted by molar-refractivity contribution is 7.89. The van der Waals surface area contributed by atoms with E-state index in [2.05, 4.69) is 40.8 Å². The van der Waals surface area contributed by atoms with Crippen LogP contribution in [0.4, 0.5) is 5.69 Å². The van der Waals surface area contributed by atoms with Gasteiger partial charge in [0, 0.05) is 24.3 Å². The maximum Gasteiger partial charge on any atom is 0.240 e. The molecule has 0 amide bonds. The van der Waals surface area contributed by atoms with Gasteiger partial charge in [-0.3, -0.25) is 0 Å². The van der Waals surface area contributed by atoms with E-state index in [0.717, 1.165) is 24.9 Å². The first kappa shape index (κ1) is 19.9. The Morgan fingerprint density at radius 1 is 1.07 bits per heavy atom. The molecule has 0 spiro atoms. The molecule has 1 aliphatic heterocycles. The van der Waals surface area contributed by atoms with Crippen LogP contribution in [0.15, 0.2) is 53.4 Å². The number of hydrogen-bond donors (Lipinski definition) is 1. The van der Waals surface area contributed by atoms with Crippen molar-refractivity contribution in [3.05, 3.63) is 59.7 Å². The molecular weight excluding hydrogens is 356 g/mol. The van der Waals surface area contributed by atoms with Crippen molar-refractivity contribution in [2.75, 3.05) is 4.90 Å². The molecule has 1 N–H and O–H groups in total. The van der Waals surface area contributed by atoms with Crippen LogP contribution in [-0.4, -0.2) is 20.5 Å². The lowest BCUT2D eigenvalue weighted by Gasteiger charge is -2.37. The predicted molar refractivity (Wildman–Crippen MR) is 111 cm³/mol. The highest BCUT2D eigenvalue weighted by Crippen LogP contribution is 2.31. The molecule has 4 nitrogen and oxygen atoms in total. The molecule has 2 aromatic carbocycles. The Hall–Kier alpha value is -1.85. The summed E-state index contributed by atoms with van der Waals surface area (Å²) in [6.07, 6.45) is 2.26. The second kappa shape index (κ2) is 8.03. The van der Waals surface area contributed by atoms with Gasteiger partial charge in [-0.2, -0.15) is 0 Å². The summed E-state index contributed by atoms with van der Waals surface area (Å²) >= 11 is 0. The molecule has 146 valence electrons. The minimum absolute atomic E-state index is 0.0969. The number of para-hydroxylation sites is 1. The number of benzene rings is 2. The Bertz CT molecular complexity index is 875. The van der Waals surface area contributed by atoms with Crippen molar-refractivity contribution >= 4 is 15.7 Å². The van der Waals surface area contributed by atoms with Crippen LogP contribution in [0.1, 0.15) is 45.2 Å². The Kier molecular flexibility index (Phi) is 5.92. The van der Waals surface area contributed by atoms with Crippen LogP contribution in [0.25, 0.3) is 0 Å². The molecule has 3 rings (SSSR count). The third-order valence-electron chi connectivity index (χ3n) is 5.59. The first-order chi connectivity index (χ1) is 12.8. The lowest BCUT2D eigenvalue weighted by molar-refractivity contribution is 0.476. The van der Waals surface area contributed by atoms with Crippen molar-refractivity contribution in [2.45, 2.75) is 64.1 Å². The van der Waals surface area contributed by atoms with Gasteiger partial charge in [0.15, 0.2) is 0 Å². The SMILES string of the molecule is CC(C)[C@@H](C)NS(=O)(=O)c1ccc(CN2c3ccccc3CC[C@H]2C)cc1. The Morgan fingerprint density at radius 3 is 2.41 bits per heavy atom. The average molecular weight is 387 g/mol. The molecule has 0 bridgehead atoms. The van der Waals surface area contributed by atoms with Crippen LogP contribution in [0.3, 0.4) is 0 Å². The molecule has 0 radical (unpaired) electrons. The summed E-state index contributed by atoms with van der Waals surface area (Å²) in [5.74, 6) is 0.250. The van der Waals surface area contributed by atoms with E-state index < -0.39 is 10.0 Å². The standard InChI is InChI=1S/C22H30N2O2S/c1-16(2)18(4)23-27(25,26)21-13-10-19(11-14-21)15-24-17(3)9-12-20-7-5-6-8-22(20)24/h5-8,10-11,13-14,16-18,23H,9,12,15H2,1-4H3/t17-,18-/m1/s1. The molecule has 0 saturated heterocycles. The third kappa shape index (κ3) is 4.53. The topological polar surface area (TPSA) is 49.4 Å². The molecule has 27 heavy (non-hydrogen) atoms. The summed E-state index contributed by atoms with van der Waals surface area (Å²) in [7, 11) is -3.48. The predicted octanol–water partition coefficient (Wildman–Crippen LogP) is 4.35. The molecule has 0 aliphatic carbocycles. The van der Waals surface area contributed by atoms with Gasteiger partial charge in [0.05, 0.1) is 4.90 Å². The molecule has 5 heteroatoms. The van der Waals surface area contributed by atoms with Crippen molar-refractivity contribution < 1.29 is 8.42 Å². The van der Waals surface area contributed by atoms with Crippen molar-refractivity contribution in [3.63, 3.8) is 0 Å². The summed E-state index contributed by atoms with van der Waals surface area (Å²) in [6.45, 7) is 8.95. The number of rotatable bonds is 6. The molecule has 0 aromatic heterocycles. The Morgan fingerprint density at radius 2 is 1.74 bits per heavy atom. The van der Waals surface area contributed by atoms with Gasteiger partial charge in [0.25, 0.3) is 0 Å². The van der Waals surface area contributed by atoms with E-state index >= 15 is 0 Å². The van der Waals surface area contributed by atoms with E-state index in [1.54, 1.807) is 12.1 Å². The fraction of sp³-hybridized carbons (Fsp3) is 0.455. The molecule has 1 heterocycles. The minimum atomic E-state index is -3.48. The summed E-state index contributed by atoms with van der Waals surface area (Å²) in [4.78, 5) is 2.74. The lowest BCUT2D eigenvalue weighted by atomic mass is 9.96. The quantitative estimate of drug-likeness (QED) is 0.803. The second-order valence-electron chi connectivity index (χ2n) is 7.94. The normalized spacial score (nSPS) is 18.4. The van der Waals surface area contributed by atoms with E-state index in [9.17, 15) is 8.42 Å². The molecule has 0 saturated carbocycles. The molecular formula is C22H30N2O2S. The molecule has 2 atom stereocenters. The minimum Gasteiger partial charge on any atom is -0.364 e. The van der Waals surface area contributed by atoms with Gasteiger partial charge in [-0.15, -0.1) is 0 Å². The number of fused-ring (bicyclic) bond motifs is 1. The Labute approximate surface area is 163 Å². The molecule has 0 fully saturated rings. The molecule has 1 aliphatic rings. The van der Waals surface area contributed by atoms with Crippen LogP contribution < -0.4 is 9.62 Å². The maximum atomic E-state index is 12.5. The summed E-state index contributed by atoms with van der Waals surface area (Å²) < 4.78 is 27.8. The smallest absolute Gasteiger partial charge is 0.240 e. The fourth-order valence-electron chi connectivity index (χ4n) is 3.42. The second-order valence-corrected chi connectivity index (χ2v) is 9.66. The summed E-state index contributed by atoms with van der Waals surface area (Å²) in [6, 6.07) is 16.2.